The lowest BCUT2D eigenvalue weighted by molar-refractivity contribution is -0.140. The van der Waals surface area contributed by atoms with Gasteiger partial charge >= 0.3 is 5.97 Å². The highest BCUT2D eigenvalue weighted by Gasteiger charge is 2.36. The standard InChI is InChI=1S/C9H13Cl3O3/c1-3-4-5-15-8(14)6(2)7(13)9(10,11)12/h7,13H,2-5H2,1H3. The number of carbonyl (C=O) groups excluding carboxylic acids is 1. The topological polar surface area (TPSA) is 46.5 Å². The fourth-order valence-electron chi connectivity index (χ4n) is 0.711. The number of halogens is 3. The van der Waals surface area contributed by atoms with E-state index in [0.717, 1.165) is 12.8 Å². The van der Waals surface area contributed by atoms with E-state index in [1.54, 1.807) is 0 Å². The summed E-state index contributed by atoms with van der Waals surface area (Å²) >= 11 is 16.2. The number of unbranched alkanes of at least 4 members (excludes halogenated alkanes) is 1. The molecule has 0 heterocycles. The van der Waals surface area contributed by atoms with E-state index in [1.165, 1.54) is 0 Å². The normalized spacial score (nSPS) is 13.4. The average molecular weight is 276 g/mol. The zero-order chi connectivity index (χ0) is 12.1. The minimum atomic E-state index is -1.97. The Labute approximate surface area is 104 Å². The van der Waals surface area contributed by atoms with Crippen molar-refractivity contribution in [3.8, 4) is 0 Å². The third-order valence-corrected chi connectivity index (χ3v) is 2.25. The van der Waals surface area contributed by atoms with Crippen molar-refractivity contribution in [2.45, 2.75) is 29.7 Å². The van der Waals surface area contributed by atoms with Gasteiger partial charge in [0.05, 0.1) is 12.2 Å². The van der Waals surface area contributed by atoms with Crippen LogP contribution in [0, 0.1) is 0 Å². The van der Waals surface area contributed by atoms with E-state index in [-0.39, 0.29) is 12.2 Å². The minimum absolute atomic E-state index is 0.258. The molecule has 0 bridgehead atoms. The van der Waals surface area contributed by atoms with Crippen LogP contribution < -0.4 is 0 Å². The van der Waals surface area contributed by atoms with Crippen LogP contribution in [0.15, 0.2) is 12.2 Å². The molecular weight excluding hydrogens is 262 g/mol. The number of alkyl halides is 3. The van der Waals surface area contributed by atoms with Crippen molar-refractivity contribution < 1.29 is 14.6 Å². The molecule has 0 spiro atoms. The zero-order valence-electron chi connectivity index (χ0n) is 8.30. The van der Waals surface area contributed by atoms with E-state index in [1.807, 2.05) is 6.92 Å². The van der Waals surface area contributed by atoms with E-state index in [4.69, 9.17) is 39.5 Å². The lowest BCUT2D eigenvalue weighted by Gasteiger charge is -2.19. The molecule has 3 nitrogen and oxygen atoms in total. The van der Waals surface area contributed by atoms with E-state index >= 15 is 0 Å². The molecular formula is C9H13Cl3O3. The van der Waals surface area contributed by atoms with E-state index < -0.39 is 15.9 Å². The Hall–Kier alpha value is 0.0400. The van der Waals surface area contributed by atoms with Crippen LogP contribution in [0.3, 0.4) is 0 Å². The monoisotopic (exact) mass is 274 g/mol. The summed E-state index contributed by atoms with van der Waals surface area (Å²) in [7, 11) is 0. The van der Waals surface area contributed by atoms with Gasteiger partial charge in [0.1, 0.15) is 6.10 Å². The van der Waals surface area contributed by atoms with Crippen molar-refractivity contribution in [2.24, 2.45) is 0 Å². The molecule has 1 N–H and O–H groups in total. The van der Waals surface area contributed by atoms with Gasteiger partial charge in [0, 0.05) is 0 Å². The van der Waals surface area contributed by atoms with Crippen molar-refractivity contribution >= 4 is 40.8 Å². The van der Waals surface area contributed by atoms with Crippen LogP contribution in [0.2, 0.25) is 0 Å². The molecule has 0 amide bonds. The van der Waals surface area contributed by atoms with Crippen LogP contribution in [0.4, 0.5) is 0 Å². The highest BCUT2D eigenvalue weighted by Crippen LogP contribution is 2.33. The quantitative estimate of drug-likeness (QED) is 0.363. The maximum atomic E-state index is 11.2. The number of hydrogen-bond acceptors (Lipinski definition) is 3. The molecule has 0 radical (unpaired) electrons. The largest absolute Gasteiger partial charge is 0.462 e. The number of rotatable bonds is 5. The molecule has 0 aliphatic carbocycles. The molecule has 1 unspecified atom stereocenters. The molecule has 88 valence electrons. The Bertz CT molecular complexity index is 235. The second kappa shape index (κ2) is 6.59. The van der Waals surface area contributed by atoms with Gasteiger partial charge in [-0.2, -0.15) is 0 Å². The Morgan fingerprint density at radius 2 is 2.07 bits per heavy atom. The predicted octanol–water partition coefficient (Wildman–Crippen LogP) is 2.62. The van der Waals surface area contributed by atoms with Crippen molar-refractivity contribution in [1.29, 1.82) is 0 Å². The Balaban J connectivity index is 4.15. The summed E-state index contributed by atoms with van der Waals surface area (Å²) in [6, 6.07) is 0. The highest BCUT2D eigenvalue weighted by atomic mass is 35.6. The van der Waals surface area contributed by atoms with E-state index in [0.29, 0.717) is 0 Å². The number of carbonyl (C=O) groups is 1. The molecule has 0 aliphatic rings. The Morgan fingerprint density at radius 3 is 2.47 bits per heavy atom. The first-order valence-electron chi connectivity index (χ1n) is 4.41. The second-order valence-corrected chi connectivity index (χ2v) is 5.33. The summed E-state index contributed by atoms with van der Waals surface area (Å²) in [5.41, 5.74) is -0.258. The van der Waals surface area contributed by atoms with Crippen LogP contribution in [0.25, 0.3) is 0 Å². The van der Waals surface area contributed by atoms with E-state index in [2.05, 4.69) is 6.58 Å². The molecule has 0 aliphatic heterocycles. The molecule has 0 aromatic rings. The van der Waals surface area contributed by atoms with Crippen LogP contribution in [-0.2, 0) is 9.53 Å². The van der Waals surface area contributed by atoms with Crippen LogP contribution in [-0.4, -0.2) is 27.6 Å². The number of ether oxygens (including phenoxy) is 1. The summed E-state index contributed by atoms with van der Waals surface area (Å²) in [6.45, 7) is 5.54. The minimum Gasteiger partial charge on any atom is -0.462 e. The van der Waals surface area contributed by atoms with Gasteiger partial charge in [0.2, 0.25) is 3.79 Å². The Kier molecular flexibility index (Phi) is 6.60. The third kappa shape index (κ3) is 5.61. The van der Waals surface area contributed by atoms with Gasteiger partial charge in [-0.25, -0.2) is 4.79 Å². The molecule has 15 heavy (non-hydrogen) atoms. The molecule has 0 aromatic carbocycles. The zero-order valence-corrected chi connectivity index (χ0v) is 10.6. The third-order valence-electron chi connectivity index (χ3n) is 1.63. The van der Waals surface area contributed by atoms with Gasteiger partial charge in [-0.1, -0.05) is 54.7 Å². The van der Waals surface area contributed by atoms with Crippen LogP contribution >= 0.6 is 34.8 Å². The second-order valence-electron chi connectivity index (χ2n) is 2.96. The summed E-state index contributed by atoms with van der Waals surface area (Å²) in [5, 5.41) is 9.38. The van der Waals surface area contributed by atoms with Gasteiger partial charge in [0.25, 0.3) is 0 Å². The fourth-order valence-corrected chi connectivity index (χ4v) is 1.11. The number of aliphatic hydroxyl groups is 1. The Morgan fingerprint density at radius 1 is 1.53 bits per heavy atom. The molecule has 0 rings (SSSR count). The first-order chi connectivity index (χ1) is 6.80. The molecule has 6 heteroatoms. The smallest absolute Gasteiger partial charge is 0.336 e. The van der Waals surface area contributed by atoms with Crippen molar-refractivity contribution in [1.82, 2.24) is 0 Å². The fraction of sp³-hybridized carbons (Fsp3) is 0.667. The molecule has 0 saturated carbocycles. The maximum absolute atomic E-state index is 11.2. The van der Waals surface area contributed by atoms with Gasteiger partial charge in [-0.15, -0.1) is 0 Å². The van der Waals surface area contributed by atoms with Crippen LogP contribution in [0.1, 0.15) is 19.8 Å². The van der Waals surface area contributed by atoms with Gasteiger partial charge < -0.3 is 9.84 Å². The predicted molar refractivity (Wildman–Crippen MR) is 61.3 cm³/mol. The molecule has 1 atom stereocenters. The maximum Gasteiger partial charge on any atom is 0.336 e. The highest BCUT2D eigenvalue weighted by molar-refractivity contribution is 6.68. The van der Waals surface area contributed by atoms with Crippen molar-refractivity contribution in [3.63, 3.8) is 0 Å². The van der Waals surface area contributed by atoms with Crippen LogP contribution in [0.5, 0.6) is 0 Å². The van der Waals surface area contributed by atoms with Crippen molar-refractivity contribution in [3.05, 3.63) is 12.2 Å². The lowest BCUT2D eigenvalue weighted by Crippen LogP contribution is -2.31. The summed E-state index contributed by atoms with van der Waals surface area (Å²) < 4.78 is 2.81. The number of hydrogen-bond donors (Lipinski definition) is 1. The SMILES string of the molecule is C=C(C(=O)OCCCC)C(O)C(Cl)(Cl)Cl. The average Bonchev–Trinajstić information content (AvgIpc) is 2.14. The summed E-state index contributed by atoms with van der Waals surface area (Å²) in [4.78, 5) is 11.2. The van der Waals surface area contributed by atoms with Gasteiger partial charge in [0.15, 0.2) is 0 Å². The first kappa shape index (κ1) is 15.0. The lowest BCUT2D eigenvalue weighted by atomic mass is 10.2. The molecule has 0 saturated heterocycles. The van der Waals surface area contributed by atoms with Crippen molar-refractivity contribution in [2.75, 3.05) is 6.61 Å². The molecule has 0 fully saturated rings. The van der Waals surface area contributed by atoms with Gasteiger partial charge in [-0.3, -0.25) is 0 Å². The summed E-state index contributed by atoms with van der Waals surface area (Å²) in [6.07, 6.45) is 0.0759. The number of aliphatic hydroxyl groups excluding tert-OH is 1. The number of esters is 1. The molecule has 0 aromatic heterocycles. The van der Waals surface area contributed by atoms with Gasteiger partial charge in [-0.05, 0) is 6.42 Å². The first-order valence-corrected chi connectivity index (χ1v) is 5.54. The van der Waals surface area contributed by atoms with E-state index in [9.17, 15) is 9.90 Å². The summed E-state index contributed by atoms with van der Waals surface area (Å²) in [5.74, 6) is -0.748.